The molecule has 1 aliphatic rings. The lowest BCUT2D eigenvalue weighted by Crippen LogP contribution is -2.24. The second-order valence-electron chi connectivity index (χ2n) is 4.91. The van der Waals surface area contributed by atoms with E-state index in [-0.39, 0.29) is 12.8 Å². The number of hydrogen-bond donors (Lipinski definition) is 3. The third-order valence-electron chi connectivity index (χ3n) is 3.68. The van der Waals surface area contributed by atoms with Crippen LogP contribution in [0.4, 0.5) is 5.95 Å². The minimum absolute atomic E-state index is 0.215. The SMILES string of the molecule is Cn1c(N)nc2c(ccn2[C@H]2C[C@H](O)[C@@H](CO)O2)c1=S. The van der Waals surface area contributed by atoms with Gasteiger partial charge in [0, 0.05) is 19.7 Å². The first kappa shape index (κ1) is 13.5. The molecule has 0 aliphatic carbocycles. The van der Waals surface area contributed by atoms with E-state index in [0.29, 0.717) is 22.7 Å². The summed E-state index contributed by atoms with van der Waals surface area (Å²) < 4.78 is 9.66. The van der Waals surface area contributed by atoms with Crippen molar-refractivity contribution in [2.75, 3.05) is 12.3 Å². The third-order valence-corrected chi connectivity index (χ3v) is 4.17. The standard InChI is InChI=1S/C12H16N4O3S/c1-15-11(20)6-2-3-16(10(6)14-12(15)13)9-4-7(18)8(5-17)19-9/h2-3,7-9,17-18H,4-5H2,1H3,(H2,13,14)/t7-,8+,9+/m0/s1. The summed E-state index contributed by atoms with van der Waals surface area (Å²) in [6, 6.07) is 1.85. The van der Waals surface area contributed by atoms with E-state index < -0.39 is 12.2 Å². The van der Waals surface area contributed by atoms with Gasteiger partial charge in [0.2, 0.25) is 5.95 Å². The lowest BCUT2D eigenvalue weighted by molar-refractivity contribution is -0.0430. The van der Waals surface area contributed by atoms with Crippen molar-refractivity contribution in [3.8, 4) is 0 Å². The Labute approximate surface area is 120 Å². The van der Waals surface area contributed by atoms with Gasteiger partial charge in [0.25, 0.3) is 0 Å². The topological polar surface area (TPSA) is 98.5 Å². The van der Waals surface area contributed by atoms with Crippen molar-refractivity contribution < 1.29 is 14.9 Å². The maximum absolute atomic E-state index is 9.82. The first-order valence-corrected chi connectivity index (χ1v) is 6.71. The van der Waals surface area contributed by atoms with Crippen LogP contribution in [0.25, 0.3) is 11.0 Å². The predicted molar refractivity (Wildman–Crippen MR) is 75.6 cm³/mol. The number of hydrogen-bond acceptors (Lipinski definition) is 6. The van der Waals surface area contributed by atoms with E-state index in [9.17, 15) is 5.11 Å². The van der Waals surface area contributed by atoms with E-state index >= 15 is 0 Å². The second kappa shape index (κ2) is 4.81. The minimum Gasteiger partial charge on any atom is -0.394 e. The molecule has 0 aromatic carbocycles. The number of nitrogens with zero attached hydrogens (tertiary/aromatic N) is 3. The van der Waals surface area contributed by atoms with Crippen molar-refractivity contribution in [2.45, 2.75) is 24.9 Å². The first-order valence-electron chi connectivity index (χ1n) is 6.30. The van der Waals surface area contributed by atoms with Gasteiger partial charge < -0.3 is 29.8 Å². The number of nitrogen functional groups attached to an aromatic ring is 1. The molecular formula is C12H16N4O3S. The van der Waals surface area contributed by atoms with Gasteiger partial charge in [0.15, 0.2) is 0 Å². The third kappa shape index (κ3) is 1.92. The molecule has 3 rings (SSSR count). The fraction of sp³-hybridized carbons (Fsp3) is 0.500. The Morgan fingerprint density at radius 3 is 3.00 bits per heavy atom. The van der Waals surface area contributed by atoms with Crippen LogP contribution >= 0.6 is 12.2 Å². The monoisotopic (exact) mass is 296 g/mol. The van der Waals surface area contributed by atoms with Gasteiger partial charge in [-0.1, -0.05) is 12.2 Å². The number of ether oxygens (including phenoxy) is 1. The van der Waals surface area contributed by atoms with Gasteiger partial charge in [-0.25, -0.2) is 0 Å². The van der Waals surface area contributed by atoms with Crippen molar-refractivity contribution in [2.24, 2.45) is 7.05 Å². The molecule has 2 aromatic heterocycles. The largest absolute Gasteiger partial charge is 0.394 e. The highest BCUT2D eigenvalue weighted by molar-refractivity contribution is 7.71. The van der Waals surface area contributed by atoms with E-state index in [2.05, 4.69) is 4.98 Å². The Balaban J connectivity index is 2.08. The van der Waals surface area contributed by atoms with Crippen LogP contribution in [0.2, 0.25) is 0 Å². The molecule has 0 spiro atoms. The van der Waals surface area contributed by atoms with Crippen molar-refractivity contribution in [1.29, 1.82) is 0 Å². The fourth-order valence-electron chi connectivity index (χ4n) is 2.47. The zero-order valence-electron chi connectivity index (χ0n) is 10.9. The molecule has 1 saturated heterocycles. The first-order chi connectivity index (χ1) is 9.52. The summed E-state index contributed by atoms with van der Waals surface area (Å²) in [6.45, 7) is -0.215. The number of aromatic nitrogens is 3. The number of aliphatic hydroxyl groups excluding tert-OH is 2. The highest BCUT2D eigenvalue weighted by Gasteiger charge is 2.35. The van der Waals surface area contributed by atoms with Crippen LogP contribution in [0, 0.1) is 4.64 Å². The number of nitrogens with two attached hydrogens (primary N) is 1. The number of aliphatic hydroxyl groups is 2. The Morgan fingerprint density at radius 1 is 1.60 bits per heavy atom. The molecule has 0 saturated carbocycles. The molecule has 8 heteroatoms. The van der Waals surface area contributed by atoms with Crippen molar-refractivity contribution in [3.05, 3.63) is 16.9 Å². The average Bonchev–Trinajstić information content (AvgIpc) is 2.99. The molecule has 7 nitrogen and oxygen atoms in total. The van der Waals surface area contributed by atoms with E-state index in [0.717, 1.165) is 5.39 Å². The van der Waals surface area contributed by atoms with Crippen LogP contribution < -0.4 is 5.73 Å². The van der Waals surface area contributed by atoms with E-state index in [1.54, 1.807) is 16.2 Å². The van der Waals surface area contributed by atoms with Gasteiger partial charge >= 0.3 is 0 Å². The van der Waals surface area contributed by atoms with Gasteiger partial charge in [-0.3, -0.25) is 0 Å². The van der Waals surface area contributed by atoms with Crippen LogP contribution in [-0.4, -0.2) is 43.1 Å². The van der Waals surface area contributed by atoms with Gasteiger partial charge in [-0.2, -0.15) is 4.98 Å². The maximum atomic E-state index is 9.82. The number of rotatable bonds is 2. The Morgan fingerprint density at radius 2 is 2.35 bits per heavy atom. The summed E-state index contributed by atoms with van der Waals surface area (Å²) in [7, 11) is 1.76. The summed E-state index contributed by atoms with van der Waals surface area (Å²) in [5, 5.41) is 19.8. The zero-order valence-corrected chi connectivity index (χ0v) is 11.7. The second-order valence-corrected chi connectivity index (χ2v) is 5.30. The molecule has 2 aromatic rings. The fourth-order valence-corrected chi connectivity index (χ4v) is 2.73. The lowest BCUT2D eigenvalue weighted by Gasteiger charge is -2.15. The summed E-state index contributed by atoms with van der Waals surface area (Å²) in [5.41, 5.74) is 6.46. The molecule has 108 valence electrons. The highest BCUT2D eigenvalue weighted by atomic mass is 32.1. The lowest BCUT2D eigenvalue weighted by atomic mass is 10.2. The molecule has 0 bridgehead atoms. The Kier molecular flexibility index (Phi) is 3.25. The average molecular weight is 296 g/mol. The van der Waals surface area contributed by atoms with Gasteiger partial charge in [-0.05, 0) is 6.07 Å². The van der Waals surface area contributed by atoms with Crippen LogP contribution in [0.3, 0.4) is 0 Å². The van der Waals surface area contributed by atoms with Crippen molar-refractivity contribution in [3.63, 3.8) is 0 Å². The predicted octanol–water partition coefficient (Wildman–Crippen LogP) is 0.327. The highest BCUT2D eigenvalue weighted by Crippen LogP contribution is 2.31. The van der Waals surface area contributed by atoms with Crippen LogP contribution in [0.5, 0.6) is 0 Å². The van der Waals surface area contributed by atoms with Crippen molar-refractivity contribution in [1.82, 2.24) is 14.1 Å². The molecule has 0 amide bonds. The molecule has 20 heavy (non-hydrogen) atoms. The molecule has 0 radical (unpaired) electrons. The zero-order chi connectivity index (χ0) is 14.4. The summed E-state index contributed by atoms with van der Waals surface area (Å²) in [5.74, 6) is 0.319. The van der Waals surface area contributed by atoms with Crippen molar-refractivity contribution >= 4 is 29.2 Å². The molecule has 3 heterocycles. The number of fused-ring (bicyclic) bond motifs is 1. The molecule has 1 aliphatic heterocycles. The molecule has 1 fully saturated rings. The van der Waals surface area contributed by atoms with E-state index in [1.807, 2.05) is 12.3 Å². The van der Waals surface area contributed by atoms with Gasteiger partial charge in [-0.15, -0.1) is 0 Å². The van der Waals surface area contributed by atoms with Crippen LogP contribution in [0.15, 0.2) is 12.3 Å². The normalized spacial score (nSPS) is 26.4. The summed E-state index contributed by atoms with van der Waals surface area (Å²) >= 11 is 5.34. The molecule has 3 atom stereocenters. The maximum Gasteiger partial charge on any atom is 0.202 e. The van der Waals surface area contributed by atoms with E-state index in [1.165, 1.54) is 0 Å². The molecule has 4 N–H and O–H groups in total. The Bertz CT molecular complexity index is 711. The Hall–Kier alpha value is -1.48. The molecular weight excluding hydrogens is 280 g/mol. The summed E-state index contributed by atoms with van der Waals surface area (Å²) in [6.07, 6.45) is 0.558. The van der Waals surface area contributed by atoms with Gasteiger partial charge in [0.1, 0.15) is 22.6 Å². The smallest absolute Gasteiger partial charge is 0.202 e. The van der Waals surface area contributed by atoms with Gasteiger partial charge in [0.05, 0.1) is 18.1 Å². The van der Waals surface area contributed by atoms with Crippen LogP contribution in [0.1, 0.15) is 12.6 Å². The summed E-state index contributed by atoms with van der Waals surface area (Å²) in [4.78, 5) is 4.33. The van der Waals surface area contributed by atoms with E-state index in [4.69, 9.17) is 27.8 Å². The minimum atomic E-state index is -0.692. The quantitative estimate of drug-likeness (QED) is 0.691. The van der Waals surface area contributed by atoms with Crippen LogP contribution in [-0.2, 0) is 11.8 Å². The molecule has 0 unspecified atom stereocenters. The number of anilines is 1.